The van der Waals surface area contributed by atoms with Crippen molar-refractivity contribution >= 4 is 22.0 Å². The summed E-state index contributed by atoms with van der Waals surface area (Å²) in [5, 5.41) is 8.67. The maximum Gasteiger partial charge on any atom is 0.419 e. The van der Waals surface area contributed by atoms with Gasteiger partial charge >= 0.3 is 6.09 Å². The first-order chi connectivity index (χ1) is 9.97. The summed E-state index contributed by atoms with van der Waals surface area (Å²) in [6, 6.07) is 7.33. The number of carbonyl (C=O) groups is 1. The van der Waals surface area contributed by atoms with Crippen molar-refractivity contribution in [3.63, 3.8) is 0 Å². The van der Waals surface area contributed by atoms with Crippen molar-refractivity contribution in [2.45, 2.75) is 19.9 Å². The molecule has 6 nitrogen and oxygen atoms in total. The summed E-state index contributed by atoms with van der Waals surface area (Å²) in [6.45, 7) is 3.90. The molecule has 1 atom stereocenters. The van der Waals surface area contributed by atoms with Crippen LogP contribution >= 0.6 is 15.9 Å². The quantitative estimate of drug-likeness (QED) is 0.715. The molecule has 0 fully saturated rings. The van der Waals surface area contributed by atoms with Crippen molar-refractivity contribution in [2.75, 3.05) is 0 Å². The Bertz CT molecular complexity index is 610. The van der Waals surface area contributed by atoms with Crippen molar-refractivity contribution in [2.24, 2.45) is 5.92 Å². The lowest BCUT2D eigenvalue weighted by atomic mass is 10.1. The first-order valence-corrected chi connectivity index (χ1v) is 7.23. The van der Waals surface area contributed by atoms with E-state index in [1.807, 2.05) is 38.1 Å². The number of aromatic nitrogens is 1. The molecule has 3 N–H and O–H groups in total. The second-order valence-electron chi connectivity index (χ2n) is 4.87. The molecule has 0 bridgehead atoms. The number of hydrogen-bond donors (Lipinski definition) is 3. The lowest BCUT2D eigenvalue weighted by molar-refractivity contribution is 0.181. The topological polar surface area (TPSA) is 87.4 Å². The summed E-state index contributed by atoms with van der Waals surface area (Å²) >= 11 is 3.38. The number of carboxylic acid groups (broad SMARTS) is 1. The third kappa shape index (κ3) is 4.05. The zero-order chi connectivity index (χ0) is 15.4. The van der Waals surface area contributed by atoms with E-state index in [1.54, 1.807) is 6.20 Å². The third-order valence-corrected chi connectivity index (χ3v) is 3.45. The Morgan fingerprint density at radius 1 is 1.33 bits per heavy atom. The van der Waals surface area contributed by atoms with Gasteiger partial charge in [-0.25, -0.2) is 15.2 Å². The first kappa shape index (κ1) is 15.5. The molecular formula is C14H16BrN3O3. The Balaban J connectivity index is 2.19. The molecule has 0 aliphatic heterocycles. The van der Waals surface area contributed by atoms with E-state index in [9.17, 15) is 4.79 Å². The maximum atomic E-state index is 10.6. The number of rotatable bonds is 5. The number of hydrogen-bond acceptors (Lipinski definition) is 4. The minimum Gasteiger partial charge on any atom is -0.464 e. The molecule has 0 unspecified atom stereocenters. The van der Waals surface area contributed by atoms with E-state index < -0.39 is 6.09 Å². The third-order valence-electron chi connectivity index (χ3n) is 2.92. The molecule has 0 aliphatic carbocycles. The van der Waals surface area contributed by atoms with Crippen LogP contribution in [0.4, 0.5) is 4.79 Å². The molecule has 7 heteroatoms. The lowest BCUT2D eigenvalue weighted by Crippen LogP contribution is -2.41. The molecule has 0 radical (unpaired) electrons. The van der Waals surface area contributed by atoms with Crippen molar-refractivity contribution < 1.29 is 14.3 Å². The van der Waals surface area contributed by atoms with E-state index in [2.05, 4.69) is 31.8 Å². The van der Waals surface area contributed by atoms with Gasteiger partial charge in [-0.2, -0.15) is 0 Å². The van der Waals surface area contributed by atoms with E-state index in [0.717, 1.165) is 10.0 Å². The fourth-order valence-electron chi connectivity index (χ4n) is 1.83. The van der Waals surface area contributed by atoms with Crippen LogP contribution in [0.5, 0.6) is 0 Å². The van der Waals surface area contributed by atoms with Crippen LogP contribution in [0.2, 0.25) is 0 Å². The van der Waals surface area contributed by atoms with Crippen molar-refractivity contribution in [1.29, 1.82) is 0 Å². The molecule has 1 aromatic heterocycles. The lowest BCUT2D eigenvalue weighted by Gasteiger charge is -2.18. The summed E-state index contributed by atoms with van der Waals surface area (Å²) in [5.41, 5.74) is 5.75. The molecule has 21 heavy (non-hydrogen) atoms. The Kier molecular flexibility index (Phi) is 4.98. The highest BCUT2D eigenvalue weighted by Gasteiger charge is 2.22. The summed E-state index contributed by atoms with van der Waals surface area (Å²) < 4.78 is 6.73. The van der Waals surface area contributed by atoms with Crippen LogP contribution in [-0.4, -0.2) is 16.2 Å². The van der Waals surface area contributed by atoms with Crippen LogP contribution in [0.1, 0.15) is 25.8 Å². The second kappa shape index (κ2) is 6.73. The highest BCUT2D eigenvalue weighted by molar-refractivity contribution is 9.10. The molecule has 1 heterocycles. The van der Waals surface area contributed by atoms with Crippen LogP contribution in [0.15, 0.2) is 39.4 Å². The van der Waals surface area contributed by atoms with Gasteiger partial charge in [0.15, 0.2) is 5.76 Å². The monoisotopic (exact) mass is 353 g/mol. The summed E-state index contributed by atoms with van der Waals surface area (Å²) in [5.74, 6) is 1.19. The molecule has 1 amide bonds. The largest absolute Gasteiger partial charge is 0.464 e. The van der Waals surface area contributed by atoms with E-state index in [4.69, 9.17) is 9.52 Å². The molecule has 112 valence electrons. The Hall–Kier alpha value is -1.86. The van der Waals surface area contributed by atoms with Gasteiger partial charge in [0.2, 0.25) is 5.89 Å². The number of halogens is 1. The molecule has 0 aliphatic rings. The van der Waals surface area contributed by atoms with Gasteiger partial charge in [-0.05, 0) is 18.1 Å². The average Bonchev–Trinajstić information content (AvgIpc) is 2.88. The summed E-state index contributed by atoms with van der Waals surface area (Å²) in [7, 11) is 0. The van der Waals surface area contributed by atoms with Crippen molar-refractivity contribution in [1.82, 2.24) is 15.8 Å². The van der Waals surface area contributed by atoms with Crippen LogP contribution < -0.4 is 10.9 Å². The molecule has 0 spiro atoms. The zero-order valence-corrected chi connectivity index (χ0v) is 13.2. The number of nitrogens with zero attached hydrogens (tertiary/aromatic N) is 1. The summed E-state index contributed by atoms with van der Waals surface area (Å²) in [4.78, 5) is 14.8. The van der Waals surface area contributed by atoms with Gasteiger partial charge in [0.25, 0.3) is 0 Å². The maximum absolute atomic E-state index is 10.6. The first-order valence-electron chi connectivity index (χ1n) is 6.43. The van der Waals surface area contributed by atoms with Gasteiger partial charge < -0.3 is 9.52 Å². The zero-order valence-electron chi connectivity index (χ0n) is 11.6. The molecule has 2 aromatic rings. The number of benzene rings is 1. The van der Waals surface area contributed by atoms with Gasteiger partial charge in [0.05, 0.1) is 6.20 Å². The fraction of sp³-hybridized carbons (Fsp3) is 0.286. The Morgan fingerprint density at radius 3 is 2.57 bits per heavy atom. The number of oxazole rings is 1. The van der Waals surface area contributed by atoms with Crippen LogP contribution in [0.25, 0.3) is 11.3 Å². The van der Waals surface area contributed by atoms with Crippen molar-refractivity contribution in [3.8, 4) is 11.3 Å². The van der Waals surface area contributed by atoms with E-state index in [1.165, 1.54) is 0 Å². The molecule has 0 saturated heterocycles. The van der Waals surface area contributed by atoms with E-state index in [0.29, 0.717) is 11.7 Å². The van der Waals surface area contributed by atoms with Gasteiger partial charge in [-0.3, -0.25) is 5.43 Å². The highest BCUT2D eigenvalue weighted by atomic mass is 79.9. The molecule has 1 aromatic carbocycles. The van der Waals surface area contributed by atoms with E-state index >= 15 is 0 Å². The normalized spacial score (nSPS) is 12.4. The van der Waals surface area contributed by atoms with Gasteiger partial charge in [0.1, 0.15) is 6.04 Å². The number of nitrogens with one attached hydrogen (secondary N) is 2. The van der Waals surface area contributed by atoms with Crippen LogP contribution in [0.3, 0.4) is 0 Å². The predicted molar refractivity (Wildman–Crippen MR) is 81.5 cm³/mol. The van der Waals surface area contributed by atoms with Gasteiger partial charge in [-0.1, -0.05) is 41.9 Å². The number of amides is 1. The standard InChI is InChI=1S/C14H16BrN3O3/c1-8(2)12(17-18-14(19)20)13-16-7-11(21-13)9-3-5-10(15)6-4-9/h3-8,12,17-18H,1-2H3,(H,19,20)/t12-/m0/s1. The van der Waals surface area contributed by atoms with Crippen LogP contribution in [-0.2, 0) is 0 Å². The fourth-order valence-corrected chi connectivity index (χ4v) is 2.10. The number of hydrazine groups is 1. The minimum atomic E-state index is -1.15. The van der Waals surface area contributed by atoms with E-state index in [-0.39, 0.29) is 12.0 Å². The highest BCUT2D eigenvalue weighted by Crippen LogP contribution is 2.27. The molecular weight excluding hydrogens is 338 g/mol. The molecule has 2 rings (SSSR count). The smallest absolute Gasteiger partial charge is 0.419 e. The van der Waals surface area contributed by atoms with Crippen molar-refractivity contribution in [3.05, 3.63) is 40.8 Å². The SMILES string of the molecule is CC(C)[C@H](NNC(=O)O)c1ncc(-c2ccc(Br)cc2)o1. The van der Waals surface area contributed by atoms with Gasteiger partial charge in [0, 0.05) is 10.0 Å². The summed E-state index contributed by atoms with van der Waals surface area (Å²) in [6.07, 6.45) is 0.483. The second-order valence-corrected chi connectivity index (χ2v) is 5.78. The van der Waals surface area contributed by atoms with Gasteiger partial charge in [-0.15, -0.1) is 0 Å². The van der Waals surface area contributed by atoms with Crippen LogP contribution in [0, 0.1) is 5.92 Å². The average molecular weight is 354 g/mol. The molecule has 0 saturated carbocycles. The Morgan fingerprint density at radius 2 is 2.00 bits per heavy atom. The minimum absolute atomic E-state index is 0.105. The predicted octanol–water partition coefficient (Wildman–Crippen LogP) is 3.57. The Labute approximate surface area is 130 Å².